The van der Waals surface area contributed by atoms with Crippen molar-refractivity contribution >= 4 is 11.6 Å². The van der Waals surface area contributed by atoms with E-state index >= 15 is 0 Å². The van der Waals surface area contributed by atoms with E-state index in [9.17, 15) is 8.78 Å². The number of aliphatic hydroxyl groups excluding tert-OH is 1. The number of alkyl halides is 2. The molecule has 0 aliphatic heterocycles. The zero-order valence-corrected chi connectivity index (χ0v) is 10.0. The average molecular weight is 266 g/mol. The standard InChI is InChI=1S/C11H14ClF2NO2/c1-7(16)5-15-6-8-2-3-10(9(12)4-8)17-11(13)14/h2-4,7,11,15-16H,5-6H2,1H3. The summed E-state index contributed by atoms with van der Waals surface area (Å²) in [6.07, 6.45) is -0.438. The van der Waals surface area contributed by atoms with Gasteiger partial charge in [0.2, 0.25) is 0 Å². The fourth-order valence-corrected chi connectivity index (χ4v) is 1.52. The third-order valence-corrected chi connectivity index (χ3v) is 2.28. The molecule has 1 unspecified atom stereocenters. The second-order valence-corrected chi connectivity index (χ2v) is 4.03. The van der Waals surface area contributed by atoms with Gasteiger partial charge in [0, 0.05) is 13.1 Å². The molecule has 0 saturated carbocycles. The third-order valence-electron chi connectivity index (χ3n) is 1.98. The third kappa shape index (κ3) is 5.30. The summed E-state index contributed by atoms with van der Waals surface area (Å²) < 4.78 is 28.2. The molecule has 0 spiro atoms. The van der Waals surface area contributed by atoms with Crippen LogP contribution in [0.25, 0.3) is 0 Å². The van der Waals surface area contributed by atoms with Gasteiger partial charge in [-0.2, -0.15) is 8.78 Å². The molecular formula is C11H14ClF2NO2. The summed E-state index contributed by atoms with van der Waals surface area (Å²) in [5.41, 5.74) is 0.831. The molecular weight excluding hydrogens is 252 g/mol. The maximum absolute atomic E-state index is 12.0. The molecule has 0 fully saturated rings. The largest absolute Gasteiger partial charge is 0.433 e. The van der Waals surface area contributed by atoms with E-state index in [4.69, 9.17) is 16.7 Å². The lowest BCUT2D eigenvalue weighted by atomic mass is 10.2. The van der Waals surface area contributed by atoms with E-state index in [1.165, 1.54) is 6.07 Å². The first-order chi connectivity index (χ1) is 7.99. The zero-order chi connectivity index (χ0) is 12.8. The van der Waals surface area contributed by atoms with Crippen molar-refractivity contribution in [1.29, 1.82) is 0 Å². The fourth-order valence-electron chi connectivity index (χ4n) is 1.27. The van der Waals surface area contributed by atoms with Crippen LogP contribution in [0.15, 0.2) is 18.2 Å². The van der Waals surface area contributed by atoms with Crippen molar-refractivity contribution < 1.29 is 18.6 Å². The minimum atomic E-state index is -2.88. The van der Waals surface area contributed by atoms with Gasteiger partial charge in [0.05, 0.1) is 11.1 Å². The smallest absolute Gasteiger partial charge is 0.387 e. The highest BCUT2D eigenvalue weighted by Crippen LogP contribution is 2.26. The predicted octanol–water partition coefficient (Wildman–Crippen LogP) is 2.41. The SMILES string of the molecule is CC(O)CNCc1ccc(OC(F)F)c(Cl)c1. The van der Waals surface area contributed by atoms with Gasteiger partial charge in [-0.05, 0) is 24.6 Å². The zero-order valence-electron chi connectivity index (χ0n) is 9.29. The van der Waals surface area contributed by atoms with Crippen LogP contribution in [0.4, 0.5) is 8.78 Å². The Morgan fingerprint density at radius 2 is 2.18 bits per heavy atom. The van der Waals surface area contributed by atoms with Crippen molar-refractivity contribution in [3.8, 4) is 5.75 Å². The second kappa shape index (κ2) is 6.74. The number of ether oxygens (including phenoxy) is 1. The summed E-state index contributed by atoms with van der Waals surface area (Å²) in [7, 11) is 0. The Bertz CT molecular complexity index is 361. The molecule has 1 rings (SSSR count). The summed E-state index contributed by atoms with van der Waals surface area (Å²) in [4.78, 5) is 0. The number of benzene rings is 1. The topological polar surface area (TPSA) is 41.5 Å². The summed E-state index contributed by atoms with van der Waals surface area (Å²) in [5.74, 6) is -0.0408. The quantitative estimate of drug-likeness (QED) is 0.830. The average Bonchev–Trinajstić information content (AvgIpc) is 2.21. The summed E-state index contributed by atoms with van der Waals surface area (Å²) in [6, 6.07) is 4.58. The van der Waals surface area contributed by atoms with E-state index in [2.05, 4.69) is 10.1 Å². The number of rotatable bonds is 6. The number of nitrogens with one attached hydrogen (secondary N) is 1. The van der Waals surface area contributed by atoms with Gasteiger partial charge >= 0.3 is 6.61 Å². The van der Waals surface area contributed by atoms with Gasteiger partial charge in [0.1, 0.15) is 5.75 Å². The fraction of sp³-hybridized carbons (Fsp3) is 0.455. The van der Waals surface area contributed by atoms with E-state index in [-0.39, 0.29) is 10.8 Å². The normalized spacial score (nSPS) is 12.8. The molecule has 0 aromatic heterocycles. The molecule has 0 amide bonds. The monoisotopic (exact) mass is 265 g/mol. The lowest BCUT2D eigenvalue weighted by Crippen LogP contribution is -2.23. The minimum Gasteiger partial charge on any atom is -0.433 e. The first kappa shape index (κ1) is 14.2. The molecule has 0 saturated heterocycles. The Hall–Kier alpha value is -0.910. The van der Waals surface area contributed by atoms with E-state index < -0.39 is 12.7 Å². The number of hydrogen-bond acceptors (Lipinski definition) is 3. The Kier molecular flexibility index (Phi) is 5.61. The van der Waals surface area contributed by atoms with Crippen LogP contribution in [-0.4, -0.2) is 24.4 Å². The Balaban J connectivity index is 2.56. The first-order valence-corrected chi connectivity index (χ1v) is 5.49. The van der Waals surface area contributed by atoms with Crippen molar-refractivity contribution in [3.63, 3.8) is 0 Å². The lowest BCUT2D eigenvalue weighted by molar-refractivity contribution is -0.0497. The van der Waals surface area contributed by atoms with Crippen molar-refractivity contribution in [2.75, 3.05) is 6.54 Å². The van der Waals surface area contributed by atoms with Gasteiger partial charge < -0.3 is 15.2 Å². The van der Waals surface area contributed by atoms with Gasteiger partial charge in [-0.3, -0.25) is 0 Å². The van der Waals surface area contributed by atoms with Crippen molar-refractivity contribution in [2.24, 2.45) is 0 Å². The molecule has 96 valence electrons. The highest BCUT2D eigenvalue weighted by Gasteiger charge is 2.08. The molecule has 3 nitrogen and oxygen atoms in total. The molecule has 0 aliphatic carbocycles. The second-order valence-electron chi connectivity index (χ2n) is 3.62. The maximum atomic E-state index is 12.0. The van der Waals surface area contributed by atoms with Gasteiger partial charge in [-0.1, -0.05) is 17.7 Å². The van der Waals surface area contributed by atoms with Gasteiger partial charge in [0.15, 0.2) is 0 Å². The van der Waals surface area contributed by atoms with E-state index in [1.54, 1.807) is 19.1 Å². The Morgan fingerprint density at radius 3 is 2.71 bits per heavy atom. The van der Waals surface area contributed by atoms with Crippen LogP contribution < -0.4 is 10.1 Å². The first-order valence-electron chi connectivity index (χ1n) is 5.11. The molecule has 17 heavy (non-hydrogen) atoms. The van der Waals surface area contributed by atoms with Crippen molar-refractivity contribution in [3.05, 3.63) is 28.8 Å². The van der Waals surface area contributed by atoms with Crippen LogP contribution in [-0.2, 0) is 6.54 Å². The molecule has 0 heterocycles. The Labute approximate surface area is 103 Å². The van der Waals surface area contributed by atoms with E-state index in [0.29, 0.717) is 13.1 Å². The van der Waals surface area contributed by atoms with Crippen molar-refractivity contribution in [2.45, 2.75) is 26.2 Å². The number of aliphatic hydroxyl groups is 1. The van der Waals surface area contributed by atoms with Crippen LogP contribution >= 0.6 is 11.6 Å². The maximum Gasteiger partial charge on any atom is 0.387 e. The van der Waals surface area contributed by atoms with Crippen LogP contribution in [0.2, 0.25) is 5.02 Å². The molecule has 1 aromatic rings. The number of halogens is 3. The van der Waals surface area contributed by atoms with Crippen LogP contribution in [0, 0.1) is 0 Å². The number of hydrogen-bond donors (Lipinski definition) is 2. The molecule has 1 atom stereocenters. The summed E-state index contributed by atoms with van der Waals surface area (Å²) >= 11 is 5.78. The minimum absolute atomic E-state index is 0.0408. The Morgan fingerprint density at radius 1 is 1.47 bits per heavy atom. The van der Waals surface area contributed by atoms with Gasteiger partial charge in [0.25, 0.3) is 0 Å². The molecule has 1 aromatic carbocycles. The molecule has 0 radical (unpaired) electrons. The molecule has 6 heteroatoms. The van der Waals surface area contributed by atoms with E-state index in [0.717, 1.165) is 5.56 Å². The van der Waals surface area contributed by atoms with Crippen LogP contribution in [0.3, 0.4) is 0 Å². The lowest BCUT2D eigenvalue weighted by Gasteiger charge is -2.10. The van der Waals surface area contributed by atoms with Crippen molar-refractivity contribution in [1.82, 2.24) is 5.32 Å². The molecule has 0 aliphatic rings. The van der Waals surface area contributed by atoms with Crippen LogP contribution in [0.1, 0.15) is 12.5 Å². The van der Waals surface area contributed by atoms with E-state index in [1.807, 2.05) is 0 Å². The summed E-state index contributed by atoms with van der Waals surface area (Å²) in [6.45, 7) is -0.266. The van der Waals surface area contributed by atoms with Gasteiger partial charge in [-0.25, -0.2) is 0 Å². The summed E-state index contributed by atoms with van der Waals surface area (Å²) in [5, 5.41) is 12.2. The molecule has 0 bridgehead atoms. The van der Waals surface area contributed by atoms with Crippen LogP contribution in [0.5, 0.6) is 5.75 Å². The predicted molar refractivity (Wildman–Crippen MR) is 61.5 cm³/mol. The van der Waals surface area contributed by atoms with Gasteiger partial charge in [-0.15, -0.1) is 0 Å². The molecule has 2 N–H and O–H groups in total. The highest BCUT2D eigenvalue weighted by atomic mass is 35.5. The highest BCUT2D eigenvalue weighted by molar-refractivity contribution is 6.32.